The van der Waals surface area contributed by atoms with E-state index in [-0.39, 0.29) is 23.5 Å². The highest BCUT2D eigenvalue weighted by atomic mass is 32.2. The molecule has 0 radical (unpaired) electrons. The number of nitrogens with zero attached hydrogens (tertiary/aromatic N) is 3. The van der Waals surface area contributed by atoms with Crippen molar-refractivity contribution in [3.63, 3.8) is 0 Å². The Bertz CT molecular complexity index is 787. The molecule has 2 aromatic heterocycles. The van der Waals surface area contributed by atoms with E-state index in [4.69, 9.17) is 0 Å². The Balaban J connectivity index is 1.77. The molecule has 1 atom stereocenters. The molecule has 22 heavy (non-hydrogen) atoms. The lowest BCUT2D eigenvalue weighted by Gasteiger charge is -2.22. The Kier molecular flexibility index (Phi) is 3.96. The number of rotatable bonds is 3. The number of pyridine rings is 1. The van der Waals surface area contributed by atoms with Crippen LogP contribution in [-0.4, -0.2) is 53.8 Å². The van der Waals surface area contributed by atoms with Crippen molar-refractivity contribution in [3.8, 4) is 10.7 Å². The summed E-state index contributed by atoms with van der Waals surface area (Å²) in [5.41, 5.74) is 1.05. The number of hydrogen-bond donors (Lipinski definition) is 0. The zero-order valence-electron chi connectivity index (χ0n) is 12.0. The van der Waals surface area contributed by atoms with Crippen molar-refractivity contribution in [2.75, 3.05) is 18.6 Å². The first-order chi connectivity index (χ1) is 10.5. The van der Waals surface area contributed by atoms with Crippen LogP contribution in [0.3, 0.4) is 0 Å². The molecule has 1 unspecified atom stereocenters. The summed E-state index contributed by atoms with van der Waals surface area (Å²) in [6, 6.07) is 5.25. The molecule has 3 rings (SSSR count). The number of sulfone groups is 1. The van der Waals surface area contributed by atoms with Crippen LogP contribution in [0.4, 0.5) is 0 Å². The van der Waals surface area contributed by atoms with Crippen LogP contribution in [-0.2, 0) is 9.84 Å². The Morgan fingerprint density at radius 2 is 2.23 bits per heavy atom. The van der Waals surface area contributed by atoms with Gasteiger partial charge < -0.3 is 4.90 Å². The van der Waals surface area contributed by atoms with Gasteiger partial charge in [-0.1, -0.05) is 6.07 Å². The van der Waals surface area contributed by atoms with Crippen LogP contribution >= 0.6 is 11.3 Å². The van der Waals surface area contributed by atoms with Gasteiger partial charge in [0.1, 0.15) is 10.7 Å². The van der Waals surface area contributed by atoms with Crippen LogP contribution in [0.15, 0.2) is 29.8 Å². The lowest BCUT2D eigenvalue weighted by molar-refractivity contribution is 0.0742. The molecule has 0 N–H and O–H groups in total. The van der Waals surface area contributed by atoms with E-state index in [1.54, 1.807) is 18.6 Å². The number of hydrogen-bond acceptors (Lipinski definition) is 6. The normalized spacial score (nSPS) is 20.0. The summed E-state index contributed by atoms with van der Waals surface area (Å²) in [4.78, 5) is 22.5. The zero-order valence-corrected chi connectivity index (χ0v) is 13.6. The Morgan fingerprint density at radius 3 is 2.86 bits per heavy atom. The van der Waals surface area contributed by atoms with E-state index in [0.29, 0.717) is 17.1 Å². The summed E-state index contributed by atoms with van der Waals surface area (Å²) in [5, 5.41) is 2.36. The van der Waals surface area contributed by atoms with Crippen LogP contribution in [0.1, 0.15) is 16.9 Å². The molecule has 0 aliphatic carbocycles. The third-order valence-corrected chi connectivity index (χ3v) is 6.30. The van der Waals surface area contributed by atoms with Gasteiger partial charge in [0, 0.05) is 24.7 Å². The molecule has 6 nitrogen and oxygen atoms in total. The quantitative estimate of drug-likeness (QED) is 0.847. The first-order valence-electron chi connectivity index (χ1n) is 6.81. The van der Waals surface area contributed by atoms with Gasteiger partial charge in [0.05, 0.1) is 17.2 Å². The molecular weight excluding hydrogens is 322 g/mol. The number of carbonyl (C=O) groups excluding carboxylic acids is 1. The first-order valence-corrected chi connectivity index (χ1v) is 9.51. The lowest BCUT2D eigenvalue weighted by Crippen LogP contribution is -2.38. The maximum atomic E-state index is 12.4. The molecule has 1 aliphatic heterocycles. The summed E-state index contributed by atoms with van der Waals surface area (Å²) >= 11 is 1.35. The van der Waals surface area contributed by atoms with Crippen LogP contribution in [0.25, 0.3) is 10.7 Å². The van der Waals surface area contributed by atoms with Crippen molar-refractivity contribution in [2.45, 2.75) is 12.5 Å². The predicted octanol–water partition coefficient (Wildman–Crippen LogP) is 1.46. The van der Waals surface area contributed by atoms with E-state index < -0.39 is 9.84 Å². The Labute approximate surface area is 132 Å². The van der Waals surface area contributed by atoms with Crippen LogP contribution in [0.5, 0.6) is 0 Å². The maximum Gasteiger partial charge on any atom is 0.273 e. The summed E-state index contributed by atoms with van der Waals surface area (Å²) < 4.78 is 23.1. The fourth-order valence-electron chi connectivity index (χ4n) is 2.41. The van der Waals surface area contributed by atoms with E-state index in [1.165, 1.54) is 16.2 Å². The van der Waals surface area contributed by atoms with E-state index >= 15 is 0 Å². The van der Waals surface area contributed by atoms with Crippen molar-refractivity contribution in [2.24, 2.45) is 0 Å². The second-order valence-electron chi connectivity index (χ2n) is 5.23. The standard InChI is InChI=1S/C14H15N3O3S2/c1-17(10-5-7-22(19,20)9-10)14(18)12-8-21-13(16-12)11-4-2-3-6-15-11/h2-4,6,8,10H,5,7,9H2,1H3. The Hall–Kier alpha value is -1.80. The summed E-state index contributed by atoms with van der Waals surface area (Å²) in [7, 11) is -1.38. The molecule has 3 heterocycles. The molecule has 0 saturated carbocycles. The van der Waals surface area contributed by atoms with Crippen molar-refractivity contribution in [1.29, 1.82) is 0 Å². The predicted molar refractivity (Wildman–Crippen MR) is 84.5 cm³/mol. The van der Waals surface area contributed by atoms with Gasteiger partial charge in [-0.2, -0.15) is 0 Å². The van der Waals surface area contributed by atoms with Crippen molar-refractivity contribution < 1.29 is 13.2 Å². The maximum absolute atomic E-state index is 12.4. The molecule has 8 heteroatoms. The number of aromatic nitrogens is 2. The lowest BCUT2D eigenvalue weighted by atomic mass is 10.2. The monoisotopic (exact) mass is 337 g/mol. The van der Waals surface area contributed by atoms with Gasteiger partial charge in [0.25, 0.3) is 5.91 Å². The fourth-order valence-corrected chi connectivity index (χ4v) is 4.95. The van der Waals surface area contributed by atoms with Gasteiger partial charge in [-0.3, -0.25) is 9.78 Å². The smallest absolute Gasteiger partial charge is 0.273 e. The summed E-state index contributed by atoms with van der Waals surface area (Å²) in [5.74, 6) is -0.0709. The molecule has 1 fully saturated rings. The second kappa shape index (κ2) is 5.77. The number of thiazole rings is 1. The molecule has 1 saturated heterocycles. The van der Waals surface area contributed by atoms with Gasteiger partial charge in [-0.25, -0.2) is 13.4 Å². The van der Waals surface area contributed by atoms with Crippen LogP contribution < -0.4 is 0 Å². The largest absolute Gasteiger partial charge is 0.336 e. The number of amides is 1. The minimum absolute atomic E-state index is 0.0342. The van der Waals surface area contributed by atoms with Crippen molar-refractivity contribution in [1.82, 2.24) is 14.9 Å². The minimum atomic E-state index is -3.02. The van der Waals surface area contributed by atoms with E-state index in [9.17, 15) is 13.2 Å². The minimum Gasteiger partial charge on any atom is -0.336 e. The fraction of sp³-hybridized carbons (Fsp3) is 0.357. The van der Waals surface area contributed by atoms with Crippen molar-refractivity contribution >= 4 is 27.1 Å². The average Bonchev–Trinajstić information content (AvgIpc) is 3.13. The first kappa shape index (κ1) is 15.1. The molecule has 1 amide bonds. The van der Waals surface area contributed by atoms with E-state index in [0.717, 1.165) is 5.69 Å². The molecule has 0 bridgehead atoms. The third kappa shape index (κ3) is 3.02. The SMILES string of the molecule is CN(C(=O)c1csc(-c2ccccn2)n1)C1CCS(=O)(=O)C1. The van der Waals surface area contributed by atoms with Gasteiger partial charge in [-0.15, -0.1) is 11.3 Å². The highest BCUT2D eigenvalue weighted by molar-refractivity contribution is 7.91. The second-order valence-corrected chi connectivity index (χ2v) is 8.31. The molecule has 2 aromatic rings. The highest BCUT2D eigenvalue weighted by Crippen LogP contribution is 2.23. The summed E-state index contributed by atoms with van der Waals surface area (Å²) in [6.45, 7) is 0. The molecule has 116 valence electrons. The van der Waals surface area contributed by atoms with E-state index in [2.05, 4.69) is 9.97 Å². The molecule has 1 aliphatic rings. The highest BCUT2D eigenvalue weighted by Gasteiger charge is 2.33. The molecule has 0 aromatic carbocycles. The Morgan fingerprint density at radius 1 is 1.41 bits per heavy atom. The van der Waals surface area contributed by atoms with Crippen LogP contribution in [0.2, 0.25) is 0 Å². The third-order valence-electron chi connectivity index (χ3n) is 3.68. The zero-order chi connectivity index (χ0) is 15.7. The van der Waals surface area contributed by atoms with Crippen molar-refractivity contribution in [3.05, 3.63) is 35.5 Å². The topological polar surface area (TPSA) is 80.2 Å². The molecular formula is C14H15N3O3S2. The van der Waals surface area contributed by atoms with Crippen LogP contribution in [0, 0.1) is 0 Å². The van der Waals surface area contributed by atoms with Gasteiger partial charge in [0.15, 0.2) is 9.84 Å². The molecule has 0 spiro atoms. The van der Waals surface area contributed by atoms with Gasteiger partial charge in [-0.05, 0) is 18.6 Å². The number of carbonyl (C=O) groups is 1. The summed E-state index contributed by atoms with van der Waals surface area (Å²) in [6.07, 6.45) is 2.16. The van der Waals surface area contributed by atoms with Gasteiger partial charge >= 0.3 is 0 Å². The average molecular weight is 337 g/mol. The van der Waals surface area contributed by atoms with E-state index in [1.807, 2.05) is 18.2 Å². The van der Waals surface area contributed by atoms with Gasteiger partial charge in [0.2, 0.25) is 0 Å².